The molecule has 0 atom stereocenters. The maximum atomic E-state index is 3.83. The molecule has 1 aliphatic carbocycles. The van der Waals surface area contributed by atoms with Crippen molar-refractivity contribution in [1.82, 2.24) is 4.90 Å². The van der Waals surface area contributed by atoms with Crippen LogP contribution in [-0.2, 0) is 13.0 Å². The molecule has 0 bridgehead atoms. The molecule has 0 radical (unpaired) electrons. The molecular formula is C16H24BrNS. The van der Waals surface area contributed by atoms with Crippen LogP contribution in [0.4, 0.5) is 0 Å². The molecule has 19 heavy (non-hydrogen) atoms. The molecule has 1 aliphatic heterocycles. The lowest BCUT2D eigenvalue weighted by Crippen LogP contribution is -2.41. The van der Waals surface area contributed by atoms with Crippen molar-refractivity contribution in [3.8, 4) is 0 Å². The first-order chi connectivity index (χ1) is 9.31. The molecule has 3 rings (SSSR count). The molecule has 0 saturated heterocycles. The van der Waals surface area contributed by atoms with Crippen LogP contribution in [0.25, 0.3) is 0 Å². The Kier molecular flexibility index (Phi) is 4.66. The number of thiophene rings is 1. The smallest absolute Gasteiger partial charge is 0.0245 e. The Balaban J connectivity index is 1.66. The Labute approximate surface area is 129 Å². The van der Waals surface area contributed by atoms with Gasteiger partial charge in [-0.25, -0.2) is 0 Å². The summed E-state index contributed by atoms with van der Waals surface area (Å²) in [6.07, 6.45) is 9.88. The molecule has 1 nitrogen and oxygen atoms in total. The lowest BCUT2D eigenvalue weighted by Gasteiger charge is -2.38. The number of fused-ring (bicyclic) bond motifs is 1. The monoisotopic (exact) mass is 341 g/mol. The van der Waals surface area contributed by atoms with Gasteiger partial charge < -0.3 is 0 Å². The Morgan fingerprint density at radius 1 is 1.21 bits per heavy atom. The Hall–Kier alpha value is 0.140. The van der Waals surface area contributed by atoms with Crippen molar-refractivity contribution in [2.75, 3.05) is 18.4 Å². The summed E-state index contributed by atoms with van der Waals surface area (Å²) in [5.74, 6) is 0. The minimum atomic E-state index is 0.546. The average molecular weight is 342 g/mol. The fraction of sp³-hybridized carbons (Fsp3) is 0.750. The maximum Gasteiger partial charge on any atom is 0.0245 e. The average Bonchev–Trinajstić information content (AvgIpc) is 2.77. The third-order valence-electron chi connectivity index (χ3n) is 4.89. The van der Waals surface area contributed by atoms with Gasteiger partial charge in [0.1, 0.15) is 0 Å². The highest BCUT2D eigenvalue weighted by atomic mass is 79.9. The predicted molar refractivity (Wildman–Crippen MR) is 87.2 cm³/mol. The normalized spacial score (nSPS) is 23.8. The van der Waals surface area contributed by atoms with E-state index in [-0.39, 0.29) is 0 Å². The molecule has 2 heterocycles. The van der Waals surface area contributed by atoms with Gasteiger partial charge in [-0.05, 0) is 41.7 Å². The second-order valence-corrected chi connectivity index (χ2v) is 7.94. The molecule has 1 saturated carbocycles. The number of alkyl halides is 1. The largest absolute Gasteiger partial charge is 0.298 e. The standard InChI is InChI=1S/C16H24BrNS/c17-12-16(7-3-1-2-4-8-16)13-18-9-5-15-14(11-18)6-10-19-15/h6,10H,1-5,7-9,11-13H2. The van der Waals surface area contributed by atoms with E-state index in [2.05, 4.69) is 32.3 Å². The van der Waals surface area contributed by atoms with Crippen LogP contribution in [0, 0.1) is 5.41 Å². The molecule has 0 N–H and O–H groups in total. The Morgan fingerprint density at radius 3 is 2.74 bits per heavy atom. The van der Waals surface area contributed by atoms with Crippen LogP contribution in [0.3, 0.4) is 0 Å². The van der Waals surface area contributed by atoms with Crippen molar-refractivity contribution in [2.45, 2.75) is 51.5 Å². The van der Waals surface area contributed by atoms with Crippen molar-refractivity contribution in [3.63, 3.8) is 0 Å². The maximum absolute atomic E-state index is 3.83. The van der Waals surface area contributed by atoms with Gasteiger partial charge in [-0.1, -0.05) is 41.6 Å². The summed E-state index contributed by atoms with van der Waals surface area (Å²) in [7, 11) is 0. The summed E-state index contributed by atoms with van der Waals surface area (Å²) in [6, 6.07) is 2.33. The number of halogens is 1. The quantitative estimate of drug-likeness (QED) is 0.561. The minimum Gasteiger partial charge on any atom is -0.298 e. The van der Waals surface area contributed by atoms with E-state index in [0.717, 1.165) is 0 Å². The van der Waals surface area contributed by atoms with E-state index in [9.17, 15) is 0 Å². The Morgan fingerprint density at radius 2 is 2.00 bits per heavy atom. The van der Waals surface area contributed by atoms with Gasteiger partial charge in [0.15, 0.2) is 0 Å². The summed E-state index contributed by atoms with van der Waals surface area (Å²) in [6.45, 7) is 3.75. The highest BCUT2D eigenvalue weighted by molar-refractivity contribution is 9.09. The van der Waals surface area contributed by atoms with Gasteiger partial charge in [0.2, 0.25) is 0 Å². The third kappa shape index (κ3) is 3.25. The van der Waals surface area contributed by atoms with Gasteiger partial charge in [0.25, 0.3) is 0 Å². The van der Waals surface area contributed by atoms with Gasteiger partial charge in [0, 0.05) is 29.8 Å². The van der Waals surface area contributed by atoms with Crippen LogP contribution in [0.1, 0.15) is 49.0 Å². The highest BCUT2D eigenvalue weighted by Gasteiger charge is 2.33. The molecule has 1 fully saturated rings. The van der Waals surface area contributed by atoms with E-state index in [1.54, 1.807) is 10.4 Å². The van der Waals surface area contributed by atoms with Gasteiger partial charge in [0.05, 0.1) is 0 Å². The van der Waals surface area contributed by atoms with Crippen molar-refractivity contribution in [1.29, 1.82) is 0 Å². The molecule has 2 aliphatic rings. The van der Waals surface area contributed by atoms with Crippen LogP contribution < -0.4 is 0 Å². The van der Waals surface area contributed by atoms with Crippen LogP contribution in [-0.4, -0.2) is 23.3 Å². The third-order valence-corrected chi connectivity index (χ3v) is 7.11. The predicted octanol–water partition coefficient (Wildman–Crippen LogP) is 4.84. The molecule has 1 aromatic heterocycles. The van der Waals surface area contributed by atoms with Crippen LogP contribution in [0.2, 0.25) is 0 Å². The molecule has 0 unspecified atom stereocenters. The van der Waals surface area contributed by atoms with Crippen molar-refractivity contribution >= 4 is 27.3 Å². The number of hydrogen-bond acceptors (Lipinski definition) is 2. The van der Waals surface area contributed by atoms with E-state index in [4.69, 9.17) is 0 Å². The van der Waals surface area contributed by atoms with E-state index in [0.29, 0.717) is 5.41 Å². The van der Waals surface area contributed by atoms with Crippen molar-refractivity contribution in [3.05, 3.63) is 21.9 Å². The highest BCUT2D eigenvalue weighted by Crippen LogP contribution is 2.38. The SMILES string of the molecule is BrCC1(CN2CCc3sccc3C2)CCCCCC1. The van der Waals surface area contributed by atoms with E-state index >= 15 is 0 Å². The lowest BCUT2D eigenvalue weighted by molar-refractivity contribution is 0.140. The molecule has 1 aromatic rings. The zero-order valence-electron chi connectivity index (χ0n) is 11.7. The fourth-order valence-electron chi connectivity index (χ4n) is 3.73. The molecule has 0 spiro atoms. The van der Waals surface area contributed by atoms with E-state index < -0.39 is 0 Å². The second kappa shape index (κ2) is 6.28. The van der Waals surface area contributed by atoms with Crippen molar-refractivity contribution < 1.29 is 0 Å². The first-order valence-corrected chi connectivity index (χ1v) is 9.65. The molecular weight excluding hydrogens is 318 g/mol. The number of hydrogen-bond donors (Lipinski definition) is 0. The van der Waals surface area contributed by atoms with Gasteiger partial charge >= 0.3 is 0 Å². The summed E-state index contributed by atoms with van der Waals surface area (Å²) in [5, 5.41) is 3.45. The summed E-state index contributed by atoms with van der Waals surface area (Å²) in [5.41, 5.74) is 2.14. The number of rotatable bonds is 3. The molecule has 0 amide bonds. The summed E-state index contributed by atoms with van der Waals surface area (Å²) < 4.78 is 0. The van der Waals surface area contributed by atoms with E-state index in [1.165, 1.54) is 69.9 Å². The van der Waals surface area contributed by atoms with Gasteiger partial charge in [-0.2, -0.15) is 0 Å². The second-order valence-electron chi connectivity index (χ2n) is 6.38. The molecule has 106 valence electrons. The van der Waals surface area contributed by atoms with Crippen LogP contribution >= 0.6 is 27.3 Å². The minimum absolute atomic E-state index is 0.546. The van der Waals surface area contributed by atoms with E-state index in [1.807, 2.05) is 11.3 Å². The first kappa shape index (κ1) is 14.1. The molecule has 0 aromatic carbocycles. The first-order valence-electron chi connectivity index (χ1n) is 7.65. The van der Waals surface area contributed by atoms with Gasteiger partial charge in [-0.15, -0.1) is 11.3 Å². The van der Waals surface area contributed by atoms with Crippen LogP contribution in [0.5, 0.6) is 0 Å². The fourth-order valence-corrected chi connectivity index (χ4v) is 5.36. The zero-order valence-corrected chi connectivity index (χ0v) is 14.1. The van der Waals surface area contributed by atoms with Crippen LogP contribution in [0.15, 0.2) is 11.4 Å². The van der Waals surface area contributed by atoms with Crippen molar-refractivity contribution in [2.24, 2.45) is 5.41 Å². The lowest BCUT2D eigenvalue weighted by atomic mass is 9.81. The number of nitrogens with zero attached hydrogens (tertiary/aromatic N) is 1. The molecule has 3 heteroatoms. The van der Waals surface area contributed by atoms with Gasteiger partial charge in [-0.3, -0.25) is 4.90 Å². The zero-order chi connectivity index (χ0) is 13.1. The topological polar surface area (TPSA) is 3.24 Å². The Bertz CT molecular complexity index is 407. The summed E-state index contributed by atoms with van der Waals surface area (Å²) >= 11 is 5.78. The summed E-state index contributed by atoms with van der Waals surface area (Å²) in [4.78, 5) is 4.34.